The third-order valence-electron chi connectivity index (χ3n) is 2.80. The number of nitrogens with one attached hydrogen (secondary N) is 2. The average Bonchev–Trinajstić information content (AvgIpc) is 2.64. The third-order valence-corrected chi connectivity index (χ3v) is 2.80. The molecule has 2 rings (SSSR count). The van der Waals surface area contributed by atoms with Crippen LogP contribution in [0.3, 0.4) is 0 Å². The van der Waals surface area contributed by atoms with E-state index in [1.165, 1.54) is 0 Å². The zero-order chi connectivity index (χ0) is 11.5. The number of carbonyl (C=O) groups excluding carboxylic acids is 1. The summed E-state index contributed by atoms with van der Waals surface area (Å²) in [5.41, 5.74) is 2.96. The number of fused-ring (bicyclic) bond motifs is 1. The number of benzene rings is 1. The molecule has 16 heavy (non-hydrogen) atoms. The molecule has 0 spiro atoms. The Labute approximate surface area is 94.3 Å². The third kappa shape index (κ3) is 1.90. The first-order valence-electron chi connectivity index (χ1n) is 5.21. The van der Waals surface area contributed by atoms with Gasteiger partial charge in [-0.25, -0.2) is 0 Å². The molecule has 0 radical (unpaired) electrons. The maximum Gasteiger partial charge on any atom is 0.228 e. The summed E-state index contributed by atoms with van der Waals surface area (Å²) >= 11 is 0. The summed E-state index contributed by atoms with van der Waals surface area (Å²) in [4.78, 5) is 11.2. The Morgan fingerprint density at radius 2 is 2.44 bits per heavy atom. The zero-order valence-electron chi connectivity index (χ0n) is 9.08. The summed E-state index contributed by atoms with van der Waals surface area (Å²) in [5, 5.41) is 14.6. The molecule has 1 aromatic rings. The molecule has 4 heteroatoms. The summed E-state index contributed by atoms with van der Waals surface area (Å²) in [6.45, 7) is 0. The maximum atomic E-state index is 11.2. The second-order valence-electron chi connectivity index (χ2n) is 3.85. The highest BCUT2D eigenvalue weighted by Gasteiger charge is 2.19. The Kier molecular flexibility index (Phi) is 2.88. The van der Waals surface area contributed by atoms with Crippen LogP contribution in [0.2, 0.25) is 0 Å². The summed E-state index contributed by atoms with van der Waals surface area (Å²) in [6.07, 6.45) is 0.864. The fourth-order valence-corrected chi connectivity index (χ4v) is 1.94. The molecule has 1 aliphatic rings. The van der Waals surface area contributed by atoms with Crippen molar-refractivity contribution >= 4 is 11.6 Å². The van der Waals surface area contributed by atoms with Crippen LogP contribution in [0.5, 0.6) is 0 Å². The summed E-state index contributed by atoms with van der Waals surface area (Å²) in [7, 11) is 1.83. The van der Waals surface area contributed by atoms with E-state index in [0.29, 0.717) is 12.8 Å². The minimum atomic E-state index is 0.0333. The fraction of sp³-hybridized carbons (Fsp3) is 0.333. The van der Waals surface area contributed by atoms with Gasteiger partial charge in [-0.05, 0) is 24.2 Å². The molecule has 1 heterocycles. The molecule has 4 nitrogen and oxygen atoms in total. The number of hydrogen-bond acceptors (Lipinski definition) is 3. The van der Waals surface area contributed by atoms with Crippen LogP contribution >= 0.6 is 0 Å². The average molecular weight is 215 g/mol. The van der Waals surface area contributed by atoms with Gasteiger partial charge in [0.1, 0.15) is 0 Å². The molecule has 0 aliphatic carbocycles. The number of nitriles is 1. The molecular weight excluding hydrogens is 202 g/mol. The monoisotopic (exact) mass is 215 g/mol. The van der Waals surface area contributed by atoms with Gasteiger partial charge in [-0.3, -0.25) is 4.79 Å². The van der Waals surface area contributed by atoms with Gasteiger partial charge in [0.05, 0.1) is 18.9 Å². The van der Waals surface area contributed by atoms with E-state index in [-0.39, 0.29) is 11.9 Å². The van der Waals surface area contributed by atoms with Crippen LogP contribution < -0.4 is 10.6 Å². The van der Waals surface area contributed by atoms with Gasteiger partial charge in [-0.1, -0.05) is 12.1 Å². The Hall–Kier alpha value is -1.86. The molecule has 0 saturated carbocycles. The molecule has 0 fully saturated rings. The Bertz CT molecular complexity index is 462. The van der Waals surface area contributed by atoms with Crippen molar-refractivity contribution in [2.45, 2.75) is 18.9 Å². The summed E-state index contributed by atoms with van der Waals surface area (Å²) in [6, 6.07) is 8.02. The highest BCUT2D eigenvalue weighted by molar-refractivity contribution is 5.99. The van der Waals surface area contributed by atoms with Crippen molar-refractivity contribution in [1.82, 2.24) is 5.32 Å². The van der Waals surface area contributed by atoms with Gasteiger partial charge in [0, 0.05) is 11.7 Å². The van der Waals surface area contributed by atoms with Gasteiger partial charge >= 0.3 is 0 Å². The predicted octanol–water partition coefficient (Wildman–Crippen LogP) is 1.36. The SMILES string of the molecule is CNC(CC#N)c1ccc2c(c1)CC(=O)N2. The summed E-state index contributed by atoms with van der Waals surface area (Å²) in [5.74, 6) is 0.0356. The Balaban J connectivity index is 2.28. The molecule has 0 aromatic heterocycles. The van der Waals surface area contributed by atoms with Crippen LogP contribution in [0.15, 0.2) is 18.2 Å². The largest absolute Gasteiger partial charge is 0.326 e. The van der Waals surface area contributed by atoms with Crippen molar-refractivity contribution in [2.24, 2.45) is 0 Å². The smallest absolute Gasteiger partial charge is 0.228 e. The van der Waals surface area contributed by atoms with E-state index < -0.39 is 0 Å². The van der Waals surface area contributed by atoms with E-state index >= 15 is 0 Å². The fourth-order valence-electron chi connectivity index (χ4n) is 1.94. The lowest BCUT2D eigenvalue weighted by Gasteiger charge is -2.13. The topological polar surface area (TPSA) is 64.9 Å². The molecular formula is C12H13N3O. The molecule has 1 unspecified atom stereocenters. The number of anilines is 1. The lowest BCUT2D eigenvalue weighted by atomic mass is 10.0. The standard InChI is InChI=1S/C12H13N3O/c1-14-10(4-5-13)8-2-3-11-9(6-8)7-12(16)15-11/h2-3,6,10,14H,4,7H2,1H3,(H,15,16). The van der Waals surface area contributed by atoms with Crippen LogP contribution in [0.1, 0.15) is 23.6 Å². The van der Waals surface area contributed by atoms with Gasteiger partial charge in [0.2, 0.25) is 5.91 Å². The second-order valence-corrected chi connectivity index (χ2v) is 3.85. The molecule has 0 bridgehead atoms. The van der Waals surface area contributed by atoms with Gasteiger partial charge < -0.3 is 10.6 Å². The molecule has 1 amide bonds. The molecule has 1 aliphatic heterocycles. The van der Waals surface area contributed by atoms with Crippen molar-refractivity contribution in [2.75, 3.05) is 12.4 Å². The van der Waals surface area contributed by atoms with Gasteiger partial charge in [0.25, 0.3) is 0 Å². The van der Waals surface area contributed by atoms with E-state index in [0.717, 1.165) is 16.8 Å². The van der Waals surface area contributed by atoms with Crippen molar-refractivity contribution in [1.29, 1.82) is 5.26 Å². The zero-order valence-corrected chi connectivity index (χ0v) is 9.08. The van der Waals surface area contributed by atoms with Gasteiger partial charge in [-0.15, -0.1) is 0 Å². The normalized spacial score (nSPS) is 15.1. The van der Waals surface area contributed by atoms with Crippen LogP contribution in [0, 0.1) is 11.3 Å². The Morgan fingerprint density at radius 1 is 1.62 bits per heavy atom. The number of amides is 1. The number of nitrogens with zero attached hydrogens (tertiary/aromatic N) is 1. The van der Waals surface area contributed by atoms with Crippen molar-refractivity contribution in [3.05, 3.63) is 29.3 Å². The quantitative estimate of drug-likeness (QED) is 0.800. The molecule has 2 N–H and O–H groups in total. The lowest BCUT2D eigenvalue weighted by Crippen LogP contribution is -2.15. The first-order chi connectivity index (χ1) is 7.74. The van der Waals surface area contributed by atoms with E-state index in [1.54, 1.807) is 0 Å². The van der Waals surface area contributed by atoms with Crippen molar-refractivity contribution in [3.63, 3.8) is 0 Å². The number of hydrogen-bond donors (Lipinski definition) is 2. The lowest BCUT2D eigenvalue weighted by molar-refractivity contribution is -0.115. The number of carbonyl (C=O) groups is 1. The Morgan fingerprint density at radius 3 is 3.12 bits per heavy atom. The first-order valence-corrected chi connectivity index (χ1v) is 5.21. The van der Waals surface area contributed by atoms with E-state index in [9.17, 15) is 4.79 Å². The first kappa shape index (κ1) is 10.7. The summed E-state index contributed by atoms with van der Waals surface area (Å²) < 4.78 is 0. The van der Waals surface area contributed by atoms with Crippen LogP contribution in [-0.2, 0) is 11.2 Å². The van der Waals surface area contributed by atoms with Gasteiger partial charge in [0.15, 0.2) is 0 Å². The predicted molar refractivity (Wildman–Crippen MR) is 60.8 cm³/mol. The number of rotatable bonds is 3. The molecule has 0 saturated heterocycles. The molecule has 1 aromatic carbocycles. The van der Waals surface area contributed by atoms with Crippen LogP contribution in [0.25, 0.3) is 0 Å². The highest BCUT2D eigenvalue weighted by Crippen LogP contribution is 2.27. The van der Waals surface area contributed by atoms with E-state index in [1.807, 2.05) is 25.2 Å². The maximum absolute atomic E-state index is 11.2. The van der Waals surface area contributed by atoms with Crippen molar-refractivity contribution in [3.8, 4) is 6.07 Å². The minimum Gasteiger partial charge on any atom is -0.326 e. The van der Waals surface area contributed by atoms with E-state index in [4.69, 9.17) is 5.26 Å². The van der Waals surface area contributed by atoms with E-state index in [2.05, 4.69) is 16.7 Å². The van der Waals surface area contributed by atoms with Crippen molar-refractivity contribution < 1.29 is 4.79 Å². The van der Waals surface area contributed by atoms with Crippen LogP contribution in [0.4, 0.5) is 5.69 Å². The van der Waals surface area contributed by atoms with Crippen LogP contribution in [-0.4, -0.2) is 13.0 Å². The highest BCUT2D eigenvalue weighted by atomic mass is 16.1. The minimum absolute atomic E-state index is 0.0333. The van der Waals surface area contributed by atoms with Gasteiger partial charge in [-0.2, -0.15) is 5.26 Å². The molecule has 1 atom stereocenters. The second kappa shape index (κ2) is 4.33. The molecule has 82 valence electrons.